The Morgan fingerprint density at radius 1 is 1.07 bits per heavy atom. The SMILES string of the molecule is Cn1c(SCC(=O)Nc2ccccc2SCC(N)=O)nc2ccccc2c1=O. The summed E-state index contributed by atoms with van der Waals surface area (Å²) in [7, 11) is 1.64. The van der Waals surface area contributed by atoms with Gasteiger partial charge < -0.3 is 11.1 Å². The van der Waals surface area contributed by atoms with Gasteiger partial charge in [-0.15, -0.1) is 11.8 Å². The van der Waals surface area contributed by atoms with E-state index in [0.717, 1.165) is 4.90 Å². The van der Waals surface area contributed by atoms with Crippen molar-refractivity contribution >= 4 is 51.9 Å². The summed E-state index contributed by atoms with van der Waals surface area (Å²) in [4.78, 5) is 41.0. The molecule has 0 bridgehead atoms. The lowest BCUT2D eigenvalue weighted by Crippen LogP contribution is -2.21. The maximum absolute atomic E-state index is 12.4. The van der Waals surface area contributed by atoms with Gasteiger partial charge in [0.15, 0.2) is 5.16 Å². The second-order valence-corrected chi connectivity index (χ2v) is 7.82. The van der Waals surface area contributed by atoms with Crippen molar-refractivity contribution in [2.24, 2.45) is 12.8 Å². The Balaban J connectivity index is 1.70. The van der Waals surface area contributed by atoms with Gasteiger partial charge in [0.05, 0.1) is 28.1 Å². The fourth-order valence-corrected chi connectivity index (χ4v) is 4.01. The van der Waals surface area contributed by atoms with Crippen molar-refractivity contribution in [3.05, 3.63) is 58.9 Å². The number of anilines is 1. The Hall–Kier alpha value is -2.78. The molecule has 3 rings (SSSR count). The highest BCUT2D eigenvalue weighted by atomic mass is 32.2. The summed E-state index contributed by atoms with van der Waals surface area (Å²) in [5.41, 5.74) is 6.24. The highest BCUT2D eigenvalue weighted by Gasteiger charge is 2.12. The minimum atomic E-state index is -0.426. The highest BCUT2D eigenvalue weighted by molar-refractivity contribution is 8.00. The molecular weight excluding hydrogens is 396 g/mol. The van der Waals surface area contributed by atoms with Crippen LogP contribution in [-0.2, 0) is 16.6 Å². The van der Waals surface area contributed by atoms with Crippen LogP contribution in [0.3, 0.4) is 0 Å². The maximum Gasteiger partial charge on any atom is 0.261 e. The van der Waals surface area contributed by atoms with Crippen molar-refractivity contribution < 1.29 is 9.59 Å². The molecule has 2 amide bonds. The van der Waals surface area contributed by atoms with Gasteiger partial charge in [-0.05, 0) is 24.3 Å². The van der Waals surface area contributed by atoms with E-state index in [9.17, 15) is 14.4 Å². The number of rotatable bonds is 7. The summed E-state index contributed by atoms with van der Waals surface area (Å²) in [6.45, 7) is 0. The van der Waals surface area contributed by atoms with Crippen molar-refractivity contribution in [2.45, 2.75) is 10.1 Å². The number of amides is 2. The third-order valence-corrected chi connectivity index (χ3v) is 5.93. The van der Waals surface area contributed by atoms with E-state index < -0.39 is 5.91 Å². The Bertz CT molecular complexity index is 1100. The van der Waals surface area contributed by atoms with E-state index in [2.05, 4.69) is 10.3 Å². The van der Waals surface area contributed by atoms with E-state index >= 15 is 0 Å². The molecule has 0 saturated heterocycles. The molecule has 1 heterocycles. The monoisotopic (exact) mass is 414 g/mol. The third-order valence-electron chi connectivity index (χ3n) is 3.81. The van der Waals surface area contributed by atoms with Crippen LogP contribution in [0, 0.1) is 0 Å². The quantitative estimate of drug-likeness (QED) is 0.454. The normalized spacial score (nSPS) is 10.8. The van der Waals surface area contributed by atoms with E-state index in [4.69, 9.17) is 5.73 Å². The number of nitrogens with zero attached hydrogens (tertiary/aromatic N) is 2. The van der Waals surface area contributed by atoms with Crippen LogP contribution in [0.15, 0.2) is 63.4 Å². The van der Waals surface area contributed by atoms with Crippen LogP contribution < -0.4 is 16.6 Å². The zero-order chi connectivity index (χ0) is 20.1. The number of thioether (sulfide) groups is 2. The van der Waals surface area contributed by atoms with Crippen LogP contribution in [0.5, 0.6) is 0 Å². The second kappa shape index (κ2) is 8.94. The van der Waals surface area contributed by atoms with E-state index in [-0.39, 0.29) is 23.0 Å². The number of para-hydroxylation sites is 2. The Labute approximate surface area is 169 Å². The lowest BCUT2D eigenvalue weighted by Gasteiger charge is -2.11. The standard InChI is InChI=1S/C19H18N4O3S2/c1-23-18(26)12-6-2-3-7-13(12)22-19(23)28-11-17(25)21-14-8-4-5-9-15(14)27-10-16(20)24/h2-9H,10-11H2,1H3,(H2,20,24)(H,21,25). The Kier molecular flexibility index (Phi) is 6.37. The summed E-state index contributed by atoms with van der Waals surface area (Å²) >= 11 is 2.45. The minimum Gasteiger partial charge on any atom is -0.369 e. The number of fused-ring (bicyclic) bond motifs is 1. The molecule has 9 heteroatoms. The number of benzene rings is 2. The fourth-order valence-electron chi connectivity index (χ4n) is 2.49. The third kappa shape index (κ3) is 4.73. The van der Waals surface area contributed by atoms with Crippen LogP contribution in [-0.4, -0.2) is 32.9 Å². The van der Waals surface area contributed by atoms with Crippen LogP contribution in [0.2, 0.25) is 0 Å². The number of hydrogen-bond acceptors (Lipinski definition) is 6. The van der Waals surface area contributed by atoms with Gasteiger partial charge in [0.1, 0.15) is 0 Å². The van der Waals surface area contributed by atoms with Crippen LogP contribution in [0.25, 0.3) is 10.9 Å². The molecule has 0 aliphatic carbocycles. The maximum atomic E-state index is 12.4. The molecule has 0 aliphatic heterocycles. The first-order valence-electron chi connectivity index (χ1n) is 8.34. The number of nitrogens with two attached hydrogens (primary N) is 1. The first-order chi connectivity index (χ1) is 13.5. The number of carbonyl (C=O) groups excluding carboxylic acids is 2. The molecular formula is C19H18N4O3S2. The number of hydrogen-bond donors (Lipinski definition) is 2. The van der Waals surface area contributed by atoms with E-state index in [1.54, 1.807) is 37.4 Å². The first-order valence-corrected chi connectivity index (χ1v) is 10.3. The topological polar surface area (TPSA) is 107 Å². The molecule has 0 aliphatic rings. The van der Waals surface area contributed by atoms with Crippen LogP contribution in [0.1, 0.15) is 0 Å². The molecule has 0 unspecified atom stereocenters. The second-order valence-electron chi connectivity index (χ2n) is 5.86. The molecule has 0 radical (unpaired) electrons. The predicted molar refractivity (Wildman–Crippen MR) is 113 cm³/mol. The van der Waals surface area contributed by atoms with Crippen LogP contribution in [0.4, 0.5) is 5.69 Å². The highest BCUT2D eigenvalue weighted by Crippen LogP contribution is 2.27. The van der Waals surface area contributed by atoms with Gasteiger partial charge in [0.25, 0.3) is 5.56 Å². The molecule has 28 heavy (non-hydrogen) atoms. The molecule has 3 aromatic rings. The van der Waals surface area contributed by atoms with Crippen LogP contribution >= 0.6 is 23.5 Å². The van der Waals surface area contributed by atoms with Crippen molar-refractivity contribution in [2.75, 3.05) is 16.8 Å². The average Bonchev–Trinajstić information content (AvgIpc) is 2.69. The molecule has 0 fully saturated rings. The molecule has 7 nitrogen and oxygen atoms in total. The summed E-state index contributed by atoms with van der Waals surface area (Å²) in [5, 5.41) is 3.84. The van der Waals surface area contributed by atoms with Gasteiger partial charge in [-0.25, -0.2) is 4.98 Å². The summed E-state index contributed by atoms with van der Waals surface area (Å²) in [6, 6.07) is 14.3. The first kappa shape index (κ1) is 20.0. The van der Waals surface area contributed by atoms with E-state index in [1.165, 1.54) is 28.1 Å². The van der Waals surface area contributed by atoms with Gasteiger partial charge in [0.2, 0.25) is 11.8 Å². The Morgan fingerprint density at radius 3 is 2.57 bits per heavy atom. The smallest absolute Gasteiger partial charge is 0.261 e. The molecule has 0 saturated carbocycles. The molecule has 0 spiro atoms. The van der Waals surface area contributed by atoms with Crippen molar-refractivity contribution in [3.8, 4) is 0 Å². The summed E-state index contributed by atoms with van der Waals surface area (Å²) < 4.78 is 1.44. The summed E-state index contributed by atoms with van der Waals surface area (Å²) in [5.74, 6) is -0.442. The van der Waals surface area contributed by atoms with Gasteiger partial charge in [-0.1, -0.05) is 36.0 Å². The molecule has 144 valence electrons. The lowest BCUT2D eigenvalue weighted by molar-refractivity contribution is -0.115. The number of aromatic nitrogens is 2. The number of carbonyl (C=O) groups is 2. The zero-order valence-electron chi connectivity index (χ0n) is 15.0. The molecule has 2 aromatic carbocycles. The predicted octanol–water partition coefficient (Wildman–Crippen LogP) is 2.24. The van der Waals surface area contributed by atoms with Gasteiger partial charge in [-0.3, -0.25) is 19.0 Å². The summed E-state index contributed by atoms with van der Waals surface area (Å²) in [6.07, 6.45) is 0. The van der Waals surface area contributed by atoms with Crippen molar-refractivity contribution in [3.63, 3.8) is 0 Å². The number of primary amides is 1. The van der Waals surface area contributed by atoms with Gasteiger partial charge in [0, 0.05) is 11.9 Å². The largest absolute Gasteiger partial charge is 0.369 e. The molecule has 3 N–H and O–H groups in total. The average molecular weight is 415 g/mol. The lowest BCUT2D eigenvalue weighted by atomic mass is 10.2. The van der Waals surface area contributed by atoms with E-state index in [1.807, 2.05) is 18.2 Å². The van der Waals surface area contributed by atoms with Gasteiger partial charge >= 0.3 is 0 Å². The van der Waals surface area contributed by atoms with Crippen molar-refractivity contribution in [1.29, 1.82) is 0 Å². The molecule has 0 atom stereocenters. The number of nitrogens with one attached hydrogen (secondary N) is 1. The van der Waals surface area contributed by atoms with Crippen molar-refractivity contribution in [1.82, 2.24) is 9.55 Å². The van der Waals surface area contributed by atoms with Gasteiger partial charge in [-0.2, -0.15) is 0 Å². The molecule has 1 aromatic heterocycles. The van der Waals surface area contributed by atoms with E-state index in [0.29, 0.717) is 21.7 Å². The fraction of sp³-hybridized carbons (Fsp3) is 0.158. The minimum absolute atomic E-state index is 0.0907. The Morgan fingerprint density at radius 2 is 1.79 bits per heavy atom. The zero-order valence-corrected chi connectivity index (χ0v) is 16.7.